The fourth-order valence-electron chi connectivity index (χ4n) is 3.85. The number of pyridine rings is 1. The van der Waals surface area contributed by atoms with Gasteiger partial charge in [0.05, 0.1) is 39.5 Å². The standard InChI is InChI=1S/C25H18N6O7S2/c26-18-13-17-14(12-22(18)40(34,35)36)11-21(39-38-37-33)24(25(17)32)31-29-19-8-9-20(23-16(19)7-4-10-27-23)30-28-15-5-2-1-3-6-15/h1-13,32-33H,26H2,(H,34,35,36)/b30-28+,31-29+. The number of phenolic OH excluding ortho intramolecular Hbond substituents is 1. The molecule has 0 saturated carbocycles. The summed E-state index contributed by atoms with van der Waals surface area (Å²) in [6.45, 7) is 0. The first-order valence-corrected chi connectivity index (χ1v) is 13.4. The largest absolute Gasteiger partial charge is 0.505 e. The van der Waals surface area contributed by atoms with E-state index in [0.29, 0.717) is 40.0 Å². The number of rotatable bonds is 8. The summed E-state index contributed by atoms with van der Waals surface area (Å²) in [6, 6.07) is 19.7. The van der Waals surface area contributed by atoms with Crippen LogP contribution in [0.3, 0.4) is 0 Å². The quantitative estimate of drug-likeness (QED) is 0.0364. The van der Waals surface area contributed by atoms with Gasteiger partial charge in [-0.2, -0.15) is 13.5 Å². The predicted octanol–water partition coefficient (Wildman–Crippen LogP) is 7.18. The van der Waals surface area contributed by atoms with Gasteiger partial charge in [-0.1, -0.05) is 23.2 Å². The Morgan fingerprint density at radius 1 is 0.875 bits per heavy atom. The fourth-order valence-corrected chi connectivity index (χ4v) is 4.97. The summed E-state index contributed by atoms with van der Waals surface area (Å²) in [5, 5.41) is 41.3. The average molecular weight is 579 g/mol. The number of aromatic nitrogens is 1. The molecule has 4 aromatic carbocycles. The molecule has 0 atom stereocenters. The first-order valence-electron chi connectivity index (χ1n) is 11.2. The number of hydrogen-bond donors (Lipinski definition) is 4. The van der Waals surface area contributed by atoms with Crippen molar-refractivity contribution in [3.8, 4) is 5.75 Å². The van der Waals surface area contributed by atoms with Crippen molar-refractivity contribution in [1.82, 2.24) is 4.98 Å². The van der Waals surface area contributed by atoms with Crippen molar-refractivity contribution in [2.45, 2.75) is 9.79 Å². The Balaban J connectivity index is 1.60. The van der Waals surface area contributed by atoms with Crippen LogP contribution in [0.2, 0.25) is 0 Å². The number of nitrogens with two attached hydrogens (primary N) is 1. The average Bonchev–Trinajstić information content (AvgIpc) is 2.95. The zero-order valence-corrected chi connectivity index (χ0v) is 21.7. The monoisotopic (exact) mass is 578 g/mol. The van der Waals surface area contributed by atoms with E-state index >= 15 is 0 Å². The number of hydrogen-bond acceptors (Lipinski definition) is 13. The molecule has 15 heteroatoms. The summed E-state index contributed by atoms with van der Waals surface area (Å²) in [6.07, 6.45) is 1.60. The molecule has 0 spiro atoms. The zero-order valence-electron chi connectivity index (χ0n) is 20.1. The lowest BCUT2D eigenvalue weighted by molar-refractivity contribution is -0.432. The van der Waals surface area contributed by atoms with Gasteiger partial charge in [-0.05, 0) is 60.0 Å². The second kappa shape index (κ2) is 11.3. The van der Waals surface area contributed by atoms with E-state index in [1.807, 2.05) is 30.3 Å². The molecule has 1 aromatic heterocycles. The summed E-state index contributed by atoms with van der Waals surface area (Å²) in [5.74, 6) is -0.422. The molecule has 0 unspecified atom stereocenters. The second-order valence-electron chi connectivity index (χ2n) is 8.12. The number of benzene rings is 4. The number of anilines is 1. The first kappa shape index (κ1) is 27.1. The molecule has 5 rings (SSSR count). The van der Waals surface area contributed by atoms with Crippen LogP contribution in [0.25, 0.3) is 21.7 Å². The van der Waals surface area contributed by atoms with Gasteiger partial charge in [-0.3, -0.25) is 9.54 Å². The number of aromatic hydroxyl groups is 1. The van der Waals surface area contributed by atoms with Crippen LogP contribution in [0.5, 0.6) is 5.75 Å². The summed E-state index contributed by atoms with van der Waals surface area (Å²) >= 11 is 0.470. The van der Waals surface area contributed by atoms with Crippen LogP contribution in [-0.4, -0.2) is 28.3 Å². The molecule has 1 heterocycles. The van der Waals surface area contributed by atoms with Crippen LogP contribution in [0.1, 0.15) is 0 Å². The van der Waals surface area contributed by atoms with Gasteiger partial charge >= 0.3 is 0 Å². The Morgan fingerprint density at radius 2 is 1.62 bits per heavy atom. The highest BCUT2D eigenvalue weighted by molar-refractivity contribution is 7.94. The van der Waals surface area contributed by atoms with Crippen molar-refractivity contribution in [3.05, 3.63) is 79.0 Å². The Hall–Kier alpha value is -4.51. The van der Waals surface area contributed by atoms with Crippen molar-refractivity contribution < 1.29 is 32.7 Å². The van der Waals surface area contributed by atoms with Gasteiger partial charge in [0.25, 0.3) is 10.1 Å². The summed E-state index contributed by atoms with van der Waals surface area (Å²) in [4.78, 5) is 3.95. The van der Waals surface area contributed by atoms with Gasteiger partial charge < -0.3 is 10.8 Å². The van der Waals surface area contributed by atoms with Gasteiger partial charge in [0, 0.05) is 17.0 Å². The topological polar surface area (TPSA) is 202 Å². The molecule has 5 N–H and O–H groups in total. The molecule has 0 fully saturated rings. The lowest BCUT2D eigenvalue weighted by Crippen LogP contribution is -2.03. The van der Waals surface area contributed by atoms with Crippen molar-refractivity contribution in [3.63, 3.8) is 0 Å². The van der Waals surface area contributed by atoms with E-state index in [4.69, 9.17) is 11.0 Å². The van der Waals surface area contributed by atoms with Crippen LogP contribution in [0.4, 0.5) is 28.4 Å². The number of phenols is 1. The maximum atomic E-state index is 11.7. The summed E-state index contributed by atoms with van der Waals surface area (Å²) in [7, 11) is -4.64. The van der Waals surface area contributed by atoms with E-state index in [1.54, 1.807) is 30.5 Å². The summed E-state index contributed by atoms with van der Waals surface area (Å²) < 4.78 is 37.4. The van der Waals surface area contributed by atoms with Crippen LogP contribution < -0.4 is 5.73 Å². The molecule has 202 valence electrons. The van der Waals surface area contributed by atoms with Gasteiger partial charge in [-0.15, -0.1) is 19.7 Å². The zero-order chi connectivity index (χ0) is 28.3. The van der Waals surface area contributed by atoms with Gasteiger partial charge in [0.15, 0.2) is 5.75 Å². The maximum absolute atomic E-state index is 11.7. The van der Waals surface area contributed by atoms with Crippen LogP contribution >= 0.6 is 12.0 Å². The molecule has 0 aliphatic heterocycles. The Kier molecular flexibility index (Phi) is 7.65. The molecule has 0 radical (unpaired) electrons. The fraction of sp³-hybridized carbons (Fsp3) is 0. The number of fused-ring (bicyclic) bond motifs is 2. The molecule has 5 aromatic rings. The highest BCUT2D eigenvalue weighted by atomic mass is 32.2. The van der Waals surface area contributed by atoms with Crippen LogP contribution in [0, 0.1) is 0 Å². The van der Waals surface area contributed by atoms with Gasteiger partial charge in [0.2, 0.25) is 0 Å². The smallest absolute Gasteiger partial charge is 0.296 e. The minimum Gasteiger partial charge on any atom is -0.505 e. The minimum absolute atomic E-state index is 0.0876. The Bertz CT molecular complexity index is 1900. The molecule has 40 heavy (non-hydrogen) atoms. The highest BCUT2D eigenvalue weighted by Gasteiger charge is 2.20. The Morgan fingerprint density at radius 3 is 2.38 bits per heavy atom. The van der Waals surface area contributed by atoms with E-state index in [0.717, 1.165) is 6.07 Å². The van der Waals surface area contributed by atoms with Crippen molar-refractivity contribution in [2.24, 2.45) is 20.5 Å². The number of nitrogens with zero attached hydrogens (tertiary/aromatic N) is 5. The van der Waals surface area contributed by atoms with Gasteiger partial charge in [-0.25, -0.2) is 5.26 Å². The number of nitrogen functional groups attached to an aromatic ring is 1. The minimum atomic E-state index is -4.64. The van der Waals surface area contributed by atoms with Crippen molar-refractivity contribution >= 4 is 72.3 Å². The maximum Gasteiger partial charge on any atom is 0.296 e. The molecule has 0 saturated heterocycles. The normalized spacial score (nSPS) is 12.2. The Labute approximate surface area is 230 Å². The SMILES string of the molecule is Nc1cc2c(O)c(/N=N/c3ccc(/N=N/c4ccccc4)c4ncccc34)c(SOOO)cc2cc1S(=O)(=O)O. The molecule has 0 aliphatic carbocycles. The molecular formula is C25H18N6O7S2. The van der Waals surface area contributed by atoms with E-state index in [2.05, 4.69) is 34.8 Å². The van der Waals surface area contributed by atoms with E-state index in [1.165, 1.54) is 12.1 Å². The van der Waals surface area contributed by atoms with E-state index in [9.17, 15) is 18.1 Å². The molecule has 0 aliphatic rings. The highest BCUT2D eigenvalue weighted by Crippen LogP contribution is 2.45. The number of azo groups is 2. The van der Waals surface area contributed by atoms with Crippen LogP contribution in [0.15, 0.2) is 109 Å². The third-order valence-electron chi connectivity index (χ3n) is 5.63. The second-order valence-corrected chi connectivity index (χ2v) is 10.3. The van der Waals surface area contributed by atoms with E-state index < -0.39 is 20.8 Å². The molecule has 13 nitrogen and oxygen atoms in total. The summed E-state index contributed by atoms with van der Waals surface area (Å²) in [5.41, 5.74) is 7.49. The first-order chi connectivity index (χ1) is 19.3. The van der Waals surface area contributed by atoms with Crippen molar-refractivity contribution in [2.75, 3.05) is 5.73 Å². The molecule has 0 bridgehead atoms. The predicted molar refractivity (Wildman–Crippen MR) is 147 cm³/mol. The van der Waals surface area contributed by atoms with Crippen LogP contribution in [-0.2, 0) is 19.5 Å². The molecule has 0 amide bonds. The molecular weight excluding hydrogens is 560 g/mol. The van der Waals surface area contributed by atoms with E-state index in [-0.39, 0.29) is 27.0 Å². The van der Waals surface area contributed by atoms with Gasteiger partial charge in [0.1, 0.15) is 16.3 Å². The third-order valence-corrected chi connectivity index (χ3v) is 7.16. The lowest BCUT2D eigenvalue weighted by atomic mass is 10.1. The van der Waals surface area contributed by atoms with Crippen molar-refractivity contribution in [1.29, 1.82) is 0 Å². The third kappa shape index (κ3) is 5.59. The lowest BCUT2D eigenvalue weighted by Gasteiger charge is -2.11.